The van der Waals surface area contributed by atoms with E-state index in [0.29, 0.717) is 11.3 Å². The van der Waals surface area contributed by atoms with Crippen molar-refractivity contribution in [2.75, 3.05) is 19.4 Å². The smallest absolute Gasteiger partial charge is 0.275 e. The molecular weight excluding hydrogens is 256 g/mol. The molecular formula is C14H14N4O2. The van der Waals surface area contributed by atoms with E-state index in [0.717, 1.165) is 0 Å². The average Bonchev–Trinajstić information content (AvgIpc) is 2.48. The number of amides is 2. The number of nitrogens with zero attached hydrogens (tertiary/aromatic N) is 3. The third kappa shape index (κ3) is 3.17. The maximum absolute atomic E-state index is 11.9. The fourth-order valence-corrected chi connectivity index (χ4v) is 1.57. The molecule has 2 aromatic rings. The Morgan fingerprint density at radius 1 is 1.10 bits per heavy atom. The summed E-state index contributed by atoms with van der Waals surface area (Å²) in [4.78, 5) is 32.8. The number of benzene rings is 1. The van der Waals surface area contributed by atoms with Crippen molar-refractivity contribution in [3.8, 4) is 0 Å². The van der Waals surface area contributed by atoms with Crippen molar-refractivity contribution in [1.82, 2.24) is 14.9 Å². The lowest BCUT2D eigenvalue weighted by molar-refractivity contribution is 0.0827. The van der Waals surface area contributed by atoms with Gasteiger partial charge in [0.05, 0.1) is 6.20 Å². The van der Waals surface area contributed by atoms with Crippen LogP contribution in [-0.4, -0.2) is 40.8 Å². The standard InChI is InChI=1S/C14H14N4O2/c1-18(2)14(20)10-3-5-11(6-4-10)17-13(19)12-9-15-7-8-16-12/h3-9H,1-2H3,(H,17,19). The fourth-order valence-electron chi connectivity index (χ4n) is 1.57. The molecule has 0 aliphatic heterocycles. The second kappa shape index (κ2) is 5.92. The van der Waals surface area contributed by atoms with Crippen molar-refractivity contribution in [1.29, 1.82) is 0 Å². The fraction of sp³-hybridized carbons (Fsp3) is 0.143. The molecule has 2 rings (SSSR count). The van der Waals surface area contributed by atoms with Crippen LogP contribution in [0, 0.1) is 0 Å². The maximum atomic E-state index is 11.9. The van der Waals surface area contributed by atoms with E-state index in [-0.39, 0.29) is 17.5 Å². The molecule has 102 valence electrons. The molecule has 0 spiro atoms. The quantitative estimate of drug-likeness (QED) is 0.915. The molecule has 1 heterocycles. The Kier molecular flexibility index (Phi) is 4.05. The molecule has 6 heteroatoms. The van der Waals surface area contributed by atoms with Crippen molar-refractivity contribution >= 4 is 17.5 Å². The Hall–Kier alpha value is -2.76. The van der Waals surface area contributed by atoms with E-state index in [9.17, 15) is 9.59 Å². The minimum Gasteiger partial charge on any atom is -0.345 e. The van der Waals surface area contributed by atoms with Gasteiger partial charge in [0.25, 0.3) is 11.8 Å². The first-order valence-corrected chi connectivity index (χ1v) is 5.97. The first kappa shape index (κ1) is 13.7. The van der Waals surface area contributed by atoms with Gasteiger partial charge in [0, 0.05) is 37.7 Å². The molecule has 1 aromatic carbocycles. The first-order chi connectivity index (χ1) is 9.58. The largest absolute Gasteiger partial charge is 0.345 e. The molecule has 0 atom stereocenters. The molecule has 0 fully saturated rings. The molecule has 0 saturated heterocycles. The summed E-state index contributed by atoms with van der Waals surface area (Å²) in [6.45, 7) is 0. The van der Waals surface area contributed by atoms with Crippen molar-refractivity contribution < 1.29 is 9.59 Å². The van der Waals surface area contributed by atoms with Crippen LogP contribution in [0.5, 0.6) is 0 Å². The summed E-state index contributed by atoms with van der Waals surface area (Å²) in [5.41, 5.74) is 1.39. The van der Waals surface area contributed by atoms with Gasteiger partial charge in [0.15, 0.2) is 0 Å². The van der Waals surface area contributed by atoms with Crippen molar-refractivity contribution in [2.24, 2.45) is 0 Å². The highest BCUT2D eigenvalue weighted by molar-refractivity contribution is 6.03. The van der Waals surface area contributed by atoms with E-state index in [1.807, 2.05) is 0 Å². The van der Waals surface area contributed by atoms with Crippen LogP contribution in [-0.2, 0) is 0 Å². The lowest BCUT2D eigenvalue weighted by Crippen LogP contribution is -2.21. The first-order valence-electron chi connectivity index (χ1n) is 5.97. The van der Waals surface area contributed by atoms with Gasteiger partial charge in [-0.25, -0.2) is 4.98 Å². The van der Waals surface area contributed by atoms with E-state index < -0.39 is 0 Å². The highest BCUT2D eigenvalue weighted by Gasteiger charge is 2.09. The lowest BCUT2D eigenvalue weighted by atomic mass is 10.2. The summed E-state index contributed by atoms with van der Waals surface area (Å²) >= 11 is 0. The van der Waals surface area contributed by atoms with E-state index >= 15 is 0 Å². The predicted octanol–water partition coefficient (Wildman–Crippen LogP) is 1.43. The molecule has 0 aliphatic rings. The predicted molar refractivity (Wildman–Crippen MR) is 74.4 cm³/mol. The number of hydrogen-bond donors (Lipinski definition) is 1. The number of carbonyl (C=O) groups excluding carboxylic acids is 2. The van der Waals surface area contributed by atoms with Gasteiger partial charge in [-0.3, -0.25) is 14.6 Å². The summed E-state index contributed by atoms with van der Waals surface area (Å²) in [5.74, 6) is -0.429. The number of hydrogen-bond acceptors (Lipinski definition) is 4. The Balaban J connectivity index is 2.08. The van der Waals surface area contributed by atoms with Gasteiger partial charge in [0.2, 0.25) is 0 Å². The van der Waals surface area contributed by atoms with Crippen LogP contribution in [0.15, 0.2) is 42.9 Å². The maximum Gasteiger partial charge on any atom is 0.275 e. The summed E-state index contributed by atoms with van der Waals surface area (Å²) < 4.78 is 0. The molecule has 2 amide bonds. The third-order valence-electron chi connectivity index (χ3n) is 2.59. The monoisotopic (exact) mass is 270 g/mol. The molecule has 20 heavy (non-hydrogen) atoms. The van der Waals surface area contributed by atoms with Crippen molar-refractivity contribution in [3.05, 3.63) is 54.1 Å². The van der Waals surface area contributed by atoms with Gasteiger partial charge >= 0.3 is 0 Å². The highest BCUT2D eigenvalue weighted by Crippen LogP contribution is 2.11. The SMILES string of the molecule is CN(C)C(=O)c1ccc(NC(=O)c2cnccn2)cc1. The number of anilines is 1. The van der Waals surface area contributed by atoms with Gasteiger partial charge in [-0.1, -0.05) is 0 Å². The van der Waals surface area contributed by atoms with Crippen LogP contribution in [0.3, 0.4) is 0 Å². The Morgan fingerprint density at radius 2 is 1.80 bits per heavy atom. The molecule has 1 aromatic heterocycles. The molecule has 0 saturated carbocycles. The van der Waals surface area contributed by atoms with Gasteiger partial charge in [0.1, 0.15) is 5.69 Å². The number of carbonyl (C=O) groups is 2. The van der Waals surface area contributed by atoms with E-state index in [4.69, 9.17) is 0 Å². The van der Waals surface area contributed by atoms with Crippen LogP contribution >= 0.6 is 0 Å². The van der Waals surface area contributed by atoms with E-state index in [1.54, 1.807) is 38.4 Å². The highest BCUT2D eigenvalue weighted by atomic mass is 16.2. The van der Waals surface area contributed by atoms with Crippen LogP contribution < -0.4 is 5.32 Å². The van der Waals surface area contributed by atoms with E-state index in [2.05, 4.69) is 15.3 Å². The van der Waals surface area contributed by atoms with E-state index in [1.165, 1.54) is 23.5 Å². The Morgan fingerprint density at radius 3 is 2.35 bits per heavy atom. The summed E-state index contributed by atoms with van der Waals surface area (Å²) in [7, 11) is 3.37. The molecule has 6 nitrogen and oxygen atoms in total. The molecule has 0 bridgehead atoms. The number of rotatable bonds is 3. The topological polar surface area (TPSA) is 75.2 Å². The molecule has 1 N–H and O–H groups in total. The normalized spacial score (nSPS) is 9.90. The molecule has 0 radical (unpaired) electrons. The van der Waals surface area contributed by atoms with Crippen LogP contribution in [0.1, 0.15) is 20.8 Å². The molecule has 0 unspecified atom stereocenters. The lowest BCUT2D eigenvalue weighted by Gasteiger charge is -2.10. The zero-order valence-corrected chi connectivity index (χ0v) is 11.2. The second-order valence-corrected chi connectivity index (χ2v) is 4.32. The molecule has 0 aliphatic carbocycles. The summed E-state index contributed by atoms with van der Waals surface area (Å²) in [6, 6.07) is 6.67. The minimum absolute atomic E-state index is 0.0863. The van der Waals surface area contributed by atoms with Crippen molar-refractivity contribution in [3.63, 3.8) is 0 Å². The van der Waals surface area contributed by atoms with Gasteiger partial charge < -0.3 is 10.2 Å². The van der Waals surface area contributed by atoms with Crippen LogP contribution in [0.2, 0.25) is 0 Å². The average molecular weight is 270 g/mol. The Labute approximate surface area is 116 Å². The zero-order valence-electron chi connectivity index (χ0n) is 11.2. The van der Waals surface area contributed by atoms with Gasteiger partial charge in [-0.15, -0.1) is 0 Å². The van der Waals surface area contributed by atoms with Gasteiger partial charge in [-0.05, 0) is 24.3 Å². The second-order valence-electron chi connectivity index (χ2n) is 4.32. The van der Waals surface area contributed by atoms with Gasteiger partial charge in [-0.2, -0.15) is 0 Å². The third-order valence-corrected chi connectivity index (χ3v) is 2.59. The van der Waals surface area contributed by atoms with Crippen molar-refractivity contribution in [2.45, 2.75) is 0 Å². The summed E-state index contributed by atoms with van der Waals surface area (Å²) in [6.07, 6.45) is 4.34. The Bertz CT molecular complexity index is 609. The zero-order chi connectivity index (χ0) is 14.5. The minimum atomic E-state index is -0.343. The van der Waals surface area contributed by atoms with Crippen LogP contribution in [0.4, 0.5) is 5.69 Å². The van der Waals surface area contributed by atoms with Crippen LogP contribution in [0.25, 0.3) is 0 Å². The number of nitrogens with one attached hydrogen (secondary N) is 1. The number of aromatic nitrogens is 2. The summed E-state index contributed by atoms with van der Waals surface area (Å²) in [5, 5.41) is 2.69.